The highest BCUT2D eigenvalue weighted by Crippen LogP contribution is 2.21. The minimum Gasteiger partial charge on any atom is -0.497 e. The molecule has 0 heterocycles. The van der Waals surface area contributed by atoms with Gasteiger partial charge in [-0.15, -0.1) is 11.8 Å². The van der Waals surface area contributed by atoms with Gasteiger partial charge in [0.1, 0.15) is 11.8 Å². The van der Waals surface area contributed by atoms with E-state index in [2.05, 4.69) is 4.74 Å². The van der Waals surface area contributed by atoms with Crippen LogP contribution < -0.4 is 10.5 Å². The standard InChI is InChI=1S/C11H15NO3S/c1-14-8-3-5-9(6-4-8)16-7-10(12)11(13)15-2/h3-6,10H,7,12H2,1-2H3/t10-/m1/s1. The fourth-order valence-corrected chi connectivity index (χ4v) is 1.91. The molecule has 0 aliphatic heterocycles. The topological polar surface area (TPSA) is 61.5 Å². The van der Waals surface area contributed by atoms with E-state index in [0.717, 1.165) is 10.6 Å². The van der Waals surface area contributed by atoms with Crippen molar-refractivity contribution >= 4 is 17.7 Å². The van der Waals surface area contributed by atoms with Crippen molar-refractivity contribution in [3.8, 4) is 5.75 Å². The summed E-state index contributed by atoms with van der Waals surface area (Å²) >= 11 is 1.51. The Morgan fingerprint density at radius 1 is 1.38 bits per heavy atom. The van der Waals surface area contributed by atoms with Gasteiger partial charge in [0.2, 0.25) is 0 Å². The number of nitrogens with two attached hydrogens (primary N) is 1. The Balaban J connectivity index is 2.45. The summed E-state index contributed by atoms with van der Waals surface area (Å²) in [5.74, 6) is 0.918. The molecule has 16 heavy (non-hydrogen) atoms. The summed E-state index contributed by atoms with van der Waals surface area (Å²) in [6.07, 6.45) is 0. The molecular weight excluding hydrogens is 226 g/mol. The van der Waals surface area contributed by atoms with E-state index in [9.17, 15) is 4.79 Å². The number of ether oxygens (including phenoxy) is 2. The van der Waals surface area contributed by atoms with Crippen LogP contribution in [0.4, 0.5) is 0 Å². The van der Waals surface area contributed by atoms with Gasteiger partial charge in [0, 0.05) is 10.6 Å². The first-order chi connectivity index (χ1) is 7.67. The van der Waals surface area contributed by atoms with E-state index in [1.54, 1.807) is 7.11 Å². The third-order valence-corrected chi connectivity index (χ3v) is 3.12. The van der Waals surface area contributed by atoms with E-state index in [1.165, 1.54) is 18.9 Å². The van der Waals surface area contributed by atoms with Crippen LogP contribution in [0, 0.1) is 0 Å². The van der Waals surface area contributed by atoms with E-state index in [-0.39, 0.29) is 5.97 Å². The summed E-state index contributed by atoms with van der Waals surface area (Å²) in [7, 11) is 2.95. The molecule has 88 valence electrons. The molecule has 0 saturated heterocycles. The fraction of sp³-hybridized carbons (Fsp3) is 0.364. The Kier molecular flexibility index (Phi) is 5.14. The average molecular weight is 241 g/mol. The third kappa shape index (κ3) is 3.75. The quantitative estimate of drug-likeness (QED) is 0.621. The minimum absolute atomic E-state index is 0.388. The van der Waals surface area contributed by atoms with Crippen molar-refractivity contribution in [1.82, 2.24) is 0 Å². The fourth-order valence-electron chi connectivity index (χ4n) is 1.08. The van der Waals surface area contributed by atoms with Crippen molar-refractivity contribution in [1.29, 1.82) is 0 Å². The van der Waals surface area contributed by atoms with E-state index in [0.29, 0.717) is 5.75 Å². The van der Waals surface area contributed by atoms with Crippen LogP contribution in [0.15, 0.2) is 29.2 Å². The molecule has 0 spiro atoms. The highest BCUT2D eigenvalue weighted by molar-refractivity contribution is 7.99. The van der Waals surface area contributed by atoms with Gasteiger partial charge >= 0.3 is 5.97 Å². The van der Waals surface area contributed by atoms with E-state index in [4.69, 9.17) is 10.5 Å². The van der Waals surface area contributed by atoms with Gasteiger partial charge in [-0.1, -0.05) is 0 Å². The minimum atomic E-state index is -0.586. The lowest BCUT2D eigenvalue weighted by Gasteiger charge is -2.08. The Bertz CT molecular complexity index is 340. The summed E-state index contributed by atoms with van der Waals surface area (Å²) in [5.41, 5.74) is 5.61. The number of hydrogen-bond donors (Lipinski definition) is 1. The van der Waals surface area contributed by atoms with Crippen LogP contribution in [0.1, 0.15) is 0 Å². The number of benzene rings is 1. The second-order valence-electron chi connectivity index (χ2n) is 3.12. The van der Waals surface area contributed by atoms with Crippen molar-refractivity contribution in [2.45, 2.75) is 10.9 Å². The van der Waals surface area contributed by atoms with E-state index >= 15 is 0 Å². The zero-order chi connectivity index (χ0) is 12.0. The number of carbonyl (C=O) groups excluding carboxylic acids is 1. The van der Waals surface area contributed by atoms with Gasteiger partial charge in [-0.3, -0.25) is 4.79 Å². The first-order valence-corrected chi connectivity index (χ1v) is 5.76. The normalized spacial score (nSPS) is 11.9. The van der Waals surface area contributed by atoms with Crippen LogP contribution in [0.2, 0.25) is 0 Å². The van der Waals surface area contributed by atoms with Gasteiger partial charge in [0.25, 0.3) is 0 Å². The van der Waals surface area contributed by atoms with Crippen LogP contribution in [0.25, 0.3) is 0 Å². The second kappa shape index (κ2) is 6.40. The van der Waals surface area contributed by atoms with E-state index < -0.39 is 6.04 Å². The molecule has 1 aromatic carbocycles. The van der Waals surface area contributed by atoms with Gasteiger partial charge in [0.05, 0.1) is 14.2 Å². The lowest BCUT2D eigenvalue weighted by molar-refractivity contribution is -0.141. The predicted octanol–water partition coefficient (Wildman–Crippen LogP) is 1.29. The third-order valence-electron chi connectivity index (χ3n) is 1.99. The van der Waals surface area contributed by atoms with Crippen molar-refractivity contribution < 1.29 is 14.3 Å². The lowest BCUT2D eigenvalue weighted by Crippen LogP contribution is -2.33. The molecule has 0 aromatic heterocycles. The van der Waals surface area contributed by atoms with Crippen molar-refractivity contribution in [2.75, 3.05) is 20.0 Å². The first kappa shape index (κ1) is 12.9. The molecule has 0 fully saturated rings. The Labute approximate surface area is 99.1 Å². The predicted molar refractivity (Wildman–Crippen MR) is 63.7 cm³/mol. The number of esters is 1. The summed E-state index contributed by atoms with van der Waals surface area (Å²) in [6.45, 7) is 0. The molecular formula is C11H15NO3S. The molecule has 0 saturated carbocycles. The molecule has 0 radical (unpaired) electrons. The van der Waals surface area contributed by atoms with Gasteiger partial charge in [-0.2, -0.15) is 0 Å². The molecule has 1 atom stereocenters. The number of rotatable bonds is 5. The molecule has 1 rings (SSSR count). The highest BCUT2D eigenvalue weighted by Gasteiger charge is 2.13. The number of thioether (sulfide) groups is 1. The lowest BCUT2D eigenvalue weighted by atomic mass is 10.3. The van der Waals surface area contributed by atoms with Crippen molar-refractivity contribution in [2.24, 2.45) is 5.73 Å². The summed E-state index contributed by atoms with van der Waals surface area (Å²) in [5, 5.41) is 0. The maximum absolute atomic E-state index is 11.1. The van der Waals surface area contributed by atoms with Crippen molar-refractivity contribution in [3.63, 3.8) is 0 Å². The zero-order valence-corrected chi connectivity index (χ0v) is 10.1. The highest BCUT2D eigenvalue weighted by atomic mass is 32.2. The second-order valence-corrected chi connectivity index (χ2v) is 4.21. The van der Waals surface area contributed by atoms with Crippen molar-refractivity contribution in [3.05, 3.63) is 24.3 Å². The van der Waals surface area contributed by atoms with Gasteiger partial charge < -0.3 is 15.2 Å². The van der Waals surface area contributed by atoms with Crippen LogP contribution >= 0.6 is 11.8 Å². The SMILES string of the molecule is COC(=O)[C@H](N)CSc1ccc(OC)cc1. The number of carbonyl (C=O) groups is 1. The molecule has 2 N–H and O–H groups in total. The Morgan fingerprint density at radius 3 is 2.50 bits per heavy atom. The number of methoxy groups -OCH3 is 2. The molecule has 0 aliphatic rings. The molecule has 1 aromatic rings. The smallest absolute Gasteiger partial charge is 0.323 e. The monoisotopic (exact) mass is 241 g/mol. The van der Waals surface area contributed by atoms with Gasteiger partial charge in [0.15, 0.2) is 0 Å². The molecule has 0 unspecified atom stereocenters. The van der Waals surface area contributed by atoms with Gasteiger partial charge in [-0.05, 0) is 24.3 Å². The number of hydrogen-bond acceptors (Lipinski definition) is 5. The first-order valence-electron chi connectivity index (χ1n) is 4.77. The summed E-state index contributed by atoms with van der Waals surface area (Å²) < 4.78 is 9.58. The summed E-state index contributed by atoms with van der Waals surface area (Å²) in [4.78, 5) is 12.1. The van der Waals surface area contributed by atoms with Crippen LogP contribution in [-0.2, 0) is 9.53 Å². The maximum Gasteiger partial charge on any atom is 0.323 e. The summed E-state index contributed by atoms with van der Waals surface area (Å²) in [6, 6.07) is 7.00. The van der Waals surface area contributed by atoms with Crippen LogP contribution in [0.5, 0.6) is 5.75 Å². The molecule has 0 bridgehead atoms. The maximum atomic E-state index is 11.1. The molecule has 0 aliphatic carbocycles. The Hall–Kier alpha value is -1.20. The molecule has 4 nitrogen and oxygen atoms in total. The average Bonchev–Trinajstić information content (AvgIpc) is 2.35. The Morgan fingerprint density at radius 2 is 2.00 bits per heavy atom. The molecule has 5 heteroatoms. The van der Waals surface area contributed by atoms with Gasteiger partial charge in [-0.25, -0.2) is 0 Å². The molecule has 0 amide bonds. The van der Waals surface area contributed by atoms with E-state index in [1.807, 2.05) is 24.3 Å². The zero-order valence-electron chi connectivity index (χ0n) is 9.30. The largest absolute Gasteiger partial charge is 0.497 e. The van der Waals surface area contributed by atoms with Crippen LogP contribution in [0.3, 0.4) is 0 Å². The van der Waals surface area contributed by atoms with Crippen LogP contribution in [-0.4, -0.2) is 32.0 Å².